The summed E-state index contributed by atoms with van der Waals surface area (Å²) in [6.07, 6.45) is 1.74. The van der Waals surface area contributed by atoms with E-state index in [1.807, 2.05) is 38.1 Å². The lowest BCUT2D eigenvalue weighted by Crippen LogP contribution is -1.94. The molecule has 0 bridgehead atoms. The lowest BCUT2D eigenvalue weighted by Gasteiger charge is -2.10. The molecule has 0 unspecified atom stereocenters. The molecule has 0 aliphatic carbocycles. The summed E-state index contributed by atoms with van der Waals surface area (Å²) in [5.41, 5.74) is 3.04. The minimum absolute atomic E-state index is 0.464. The largest absolute Gasteiger partial charge is 0.438 e. The normalized spacial score (nSPS) is 10.4. The Hall–Kier alpha value is -1.06. The fraction of sp³-hybridized carbons (Fsp3) is 0.214. The first-order chi connectivity index (χ1) is 8.60. The van der Waals surface area contributed by atoms with Crippen molar-refractivity contribution >= 4 is 27.5 Å². The fourth-order valence-electron chi connectivity index (χ4n) is 1.63. The summed E-state index contributed by atoms with van der Waals surface area (Å²) >= 11 is 9.20. The molecular weight excluding hydrogens is 314 g/mol. The molecule has 1 heterocycles. The number of ether oxygens (including phenoxy) is 1. The van der Waals surface area contributed by atoms with Crippen LogP contribution in [0.3, 0.4) is 0 Å². The monoisotopic (exact) mass is 325 g/mol. The maximum atomic E-state index is 5.82. The Morgan fingerprint density at radius 2 is 2.00 bits per heavy atom. The number of aryl methyl sites for hydroxylation is 2. The van der Waals surface area contributed by atoms with Crippen molar-refractivity contribution in [3.05, 3.63) is 51.6 Å². The lowest BCUT2D eigenvalue weighted by atomic mass is 10.2. The molecule has 2 nitrogen and oxygen atoms in total. The van der Waals surface area contributed by atoms with Crippen LogP contribution >= 0.6 is 27.5 Å². The Labute approximate surface area is 120 Å². The second-order valence-electron chi connectivity index (χ2n) is 4.11. The van der Waals surface area contributed by atoms with E-state index in [-0.39, 0.29) is 0 Å². The van der Waals surface area contributed by atoms with Gasteiger partial charge in [0.25, 0.3) is 0 Å². The smallest absolute Gasteiger partial charge is 0.222 e. The molecule has 0 saturated heterocycles. The highest BCUT2D eigenvalue weighted by molar-refractivity contribution is 9.10. The van der Waals surface area contributed by atoms with Crippen molar-refractivity contribution in [1.29, 1.82) is 0 Å². The molecule has 1 aromatic carbocycles. The van der Waals surface area contributed by atoms with Crippen LogP contribution in [0.15, 0.2) is 34.9 Å². The van der Waals surface area contributed by atoms with Crippen molar-refractivity contribution in [2.45, 2.75) is 19.7 Å². The van der Waals surface area contributed by atoms with Gasteiger partial charge in [-0.25, -0.2) is 4.98 Å². The lowest BCUT2D eigenvalue weighted by molar-refractivity contribution is 0.455. The highest BCUT2D eigenvalue weighted by Crippen LogP contribution is 2.28. The molecule has 94 valence electrons. The number of hydrogen-bond donors (Lipinski definition) is 0. The third-order valence-corrected chi connectivity index (χ3v) is 3.39. The molecule has 2 aromatic rings. The Morgan fingerprint density at radius 1 is 1.22 bits per heavy atom. The first kappa shape index (κ1) is 13.4. The zero-order chi connectivity index (χ0) is 13.1. The molecule has 0 fully saturated rings. The van der Waals surface area contributed by atoms with Crippen molar-refractivity contribution in [2.24, 2.45) is 0 Å². The van der Waals surface area contributed by atoms with Crippen LogP contribution in [0.4, 0.5) is 0 Å². The van der Waals surface area contributed by atoms with Crippen molar-refractivity contribution in [1.82, 2.24) is 4.98 Å². The number of pyridine rings is 1. The summed E-state index contributed by atoms with van der Waals surface area (Å²) in [5, 5.41) is 0. The number of rotatable bonds is 3. The first-order valence-electron chi connectivity index (χ1n) is 5.55. The molecular formula is C14H13BrClNO. The van der Waals surface area contributed by atoms with Gasteiger partial charge in [-0.3, -0.25) is 0 Å². The minimum Gasteiger partial charge on any atom is -0.438 e. The predicted molar refractivity (Wildman–Crippen MR) is 77.5 cm³/mol. The van der Waals surface area contributed by atoms with Crippen molar-refractivity contribution in [2.75, 3.05) is 0 Å². The van der Waals surface area contributed by atoms with Crippen LogP contribution in [0.1, 0.15) is 16.7 Å². The minimum atomic E-state index is 0.464. The number of nitrogens with zero attached hydrogens (tertiary/aromatic N) is 1. The topological polar surface area (TPSA) is 22.1 Å². The third kappa shape index (κ3) is 3.03. The van der Waals surface area contributed by atoms with Gasteiger partial charge < -0.3 is 4.74 Å². The summed E-state index contributed by atoms with van der Waals surface area (Å²) in [6, 6.07) is 7.88. The molecule has 0 aliphatic heterocycles. The zero-order valence-corrected chi connectivity index (χ0v) is 12.5. The fourth-order valence-corrected chi connectivity index (χ4v) is 2.25. The molecule has 18 heavy (non-hydrogen) atoms. The molecule has 4 heteroatoms. The summed E-state index contributed by atoms with van der Waals surface area (Å²) < 4.78 is 6.86. The van der Waals surface area contributed by atoms with E-state index in [4.69, 9.17) is 16.3 Å². The summed E-state index contributed by atoms with van der Waals surface area (Å²) in [5.74, 6) is 1.90. The molecule has 0 atom stereocenters. The van der Waals surface area contributed by atoms with E-state index < -0.39 is 0 Å². The summed E-state index contributed by atoms with van der Waals surface area (Å²) in [4.78, 5) is 4.29. The third-order valence-electron chi connectivity index (χ3n) is 2.58. The van der Waals surface area contributed by atoms with Gasteiger partial charge in [-0.2, -0.15) is 0 Å². The number of benzene rings is 1. The van der Waals surface area contributed by atoms with Crippen LogP contribution in [0.25, 0.3) is 0 Å². The average molecular weight is 327 g/mol. The van der Waals surface area contributed by atoms with Crippen LogP contribution in [0.5, 0.6) is 11.6 Å². The van der Waals surface area contributed by atoms with Gasteiger partial charge in [-0.05, 0) is 49.2 Å². The van der Waals surface area contributed by atoms with Gasteiger partial charge in [0.1, 0.15) is 5.75 Å². The molecule has 0 aliphatic rings. The summed E-state index contributed by atoms with van der Waals surface area (Å²) in [6.45, 7) is 3.97. The van der Waals surface area contributed by atoms with Gasteiger partial charge in [0, 0.05) is 22.1 Å². The second kappa shape index (κ2) is 5.72. The Balaban J connectivity index is 2.28. The quantitative estimate of drug-likeness (QED) is 0.741. The van der Waals surface area contributed by atoms with Crippen molar-refractivity contribution in [3.8, 4) is 11.6 Å². The van der Waals surface area contributed by atoms with E-state index in [9.17, 15) is 0 Å². The second-order valence-corrected chi connectivity index (χ2v) is 5.29. The van der Waals surface area contributed by atoms with E-state index in [2.05, 4.69) is 20.9 Å². The molecule has 2 rings (SSSR count). The molecule has 1 aromatic heterocycles. The standard InChI is InChI=1S/C14H13BrClNO/c1-9-6-12(15)3-4-13(9)18-14-10(2)5-11(7-16)8-17-14/h3-6,8H,7H2,1-2H3. The van der Waals surface area contributed by atoms with E-state index in [1.165, 1.54) is 0 Å². The first-order valence-corrected chi connectivity index (χ1v) is 6.88. The van der Waals surface area contributed by atoms with Gasteiger partial charge >= 0.3 is 0 Å². The number of alkyl halides is 1. The highest BCUT2D eigenvalue weighted by Gasteiger charge is 2.06. The van der Waals surface area contributed by atoms with Crippen molar-refractivity contribution in [3.63, 3.8) is 0 Å². The average Bonchev–Trinajstić information content (AvgIpc) is 2.34. The maximum absolute atomic E-state index is 5.82. The van der Waals surface area contributed by atoms with Crippen LogP contribution in [-0.2, 0) is 5.88 Å². The van der Waals surface area contributed by atoms with Crippen LogP contribution in [-0.4, -0.2) is 4.98 Å². The van der Waals surface area contributed by atoms with Gasteiger partial charge in [-0.1, -0.05) is 15.9 Å². The Morgan fingerprint density at radius 3 is 2.61 bits per heavy atom. The molecule has 0 radical (unpaired) electrons. The molecule has 0 saturated carbocycles. The zero-order valence-electron chi connectivity index (χ0n) is 10.2. The van der Waals surface area contributed by atoms with Gasteiger partial charge in [0.05, 0.1) is 0 Å². The number of hydrogen-bond acceptors (Lipinski definition) is 2. The van der Waals surface area contributed by atoms with E-state index >= 15 is 0 Å². The van der Waals surface area contributed by atoms with E-state index in [0.29, 0.717) is 11.8 Å². The van der Waals surface area contributed by atoms with Crippen LogP contribution in [0.2, 0.25) is 0 Å². The Kier molecular flexibility index (Phi) is 4.25. The maximum Gasteiger partial charge on any atom is 0.222 e. The molecule has 0 N–H and O–H groups in total. The number of halogens is 2. The summed E-state index contributed by atoms with van der Waals surface area (Å²) in [7, 11) is 0. The SMILES string of the molecule is Cc1cc(Br)ccc1Oc1ncc(CCl)cc1C. The molecule has 0 spiro atoms. The molecule has 0 amide bonds. The van der Waals surface area contributed by atoms with Gasteiger partial charge in [0.15, 0.2) is 0 Å². The van der Waals surface area contributed by atoms with Gasteiger partial charge in [0.2, 0.25) is 5.88 Å². The van der Waals surface area contributed by atoms with E-state index in [1.54, 1.807) is 6.20 Å². The van der Waals surface area contributed by atoms with Crippen molar-refractivity contribution < 1.29 is 4.74 Å². The predicted octanol–water partition coefficient (Wildman–Crippen LogP) is 4.99. The van der Waals surface area contributed by atoms with Crippen LogP contribution < -0.4 is 4.74 Å². The van der Waals surface area contributed by atoms with Gasteiger partial charge in [-0.15, -0.1) is 11.6 Å². The Bertz CT molecular complexity index is 572. The number of aromatic nitrogens is 1. The van der Waals surface area contributed by atoms with Crippen LogP contribution in [0, 0.1) is 13.8 Å². The van der Waals surface area contributed by atoms with E-state index in [0.717, 1.165) is 26.9 Å². The highest BCUT2D eigenvalue weighted by atomic mass is 79.9.